The fourth-order valence-corrected chi connectivity index (χ4v) is 2.32. The Balaban J connectivity index is 1.99. The summed E-state index contributed by atoms with van der Waals surface area (Å²) in [6.07, 6.45) is 1.88. The quantitative estimate of drug-likeness (QED) is 0.899. The van der Waals surface area contributed by atoms with Gasteiger partial charge in [0.2, 0.25) is 5.82 Å². The SMILES string of the molecule is Cc1ccc(O)c(-c2nc(C3(C)CCCO3)no2)c1. The van der Waals surface area contributed by atoms with Crippen molar-refractivity contribution >= 4 is 0 Å². The molecule has 100 valence electrons. The van der Waals surface area contributed by atoms with Crippen LogP contribution in [0.1, 0.15) is 31.2 Å². The van der Waals surface area contributed by atoms with Crippen LogP contribution in [0, 0.1) is 6.92 Å². The second-order valence-electron chi connectivity index (χ2n) is 5.13. The van der Waals surface area contributed by atoms with Gasteiger partial charge in [-0.05, 0) is 38.8 Å². The molecule has 0 radical (unpaired) electrons. The van der Waals surface area contributed by atoms with Crippen LogP contribution in [0.5, 0.6) is 5.75 Å². The van der Waals surface area contributed by atoms with Crippen molar-refractivity contribution in [2.75, 3.05) is 6.61 Å². The topological polar surface area (TPSA) is 68.4 Å². The number of nitrogens with zero attached hydrogens (tertiary/aromatic N) is 2. The van der Waals surface area contributed by atoms with Gasteiger partial charge in [0.1, 0.15) is 11.4 Å². The van der Waals surface area contributed by atoms with Crippen molar-refractivity contribution < 1.29 is 14.4 Å². The second-order valence-corrected chi connectivity index (χ2v) is 5.13. The molecule has 1 aliphatic rings. The maximum absolute atomic E-state index is 9.87. The summed E-state index contributed by atoms with van der Waals surface area (Å²) in [6.45, 7) is 4.63. The highest BCUT2D eigenvalue weighted by atomic mass is 16.5. The highest BCUT2D eigenvalue weighted by molar-refractivity contribution is 5.63. The number of hydrogen-bond donors (Lipinski definition) is 1. The van der Waals surface area contributed by atoms with Gasteiger partial charge in [0, 0.05) is 6.61 Å². The Morgan fingerprint density at radius 2 is 2.21 bits per heavy atom. The van der Waals surface area contributed by atoms with Crippen molar-refractivity contribution in [3.63, 3.8) is 0 Å². The largest absolute Gasteiger partial charge is 0.507 e. The Labute approximate surface area is 111 Å². The number of aryl methyl sites for hydroxylation is 1. The van der Waals surface area contributed by atoms with E-state index in [1.165, 1.54) is 0 Å². The highest BCUT2D eigenvalue weighted by Crippen LogP contribution is 2.36. The van der Waals surface area contributed by atoms with Gasteiger partial charge in [0.25, 0.3) is 5.89 Å². The third kappa shape index (κ3) is 2.10. The summed E-state index contributed by atoms with van der Waals surface area (Å²) in [5.41, 5.74) is 1.11. The Morgan fingerprint density at radius 3 is 2.95 bits per heavy atom. The third-order valence-electron chi connectivity index (χ3n) is 3.50. The van der Waals surface area contributed by atoms with E-state index in [4.69, 9.17) is 9.26 Å². The fraction of sp³-hybridized carbons (Fsp3) is 0.429. The predicted octanol–water partition coefficient (Wildman–Crippen LogP) is 2.78. The average molecular weight is 260 g/mol. The van der Waals surface area contributed by atoms with Crippen LogP contribution in [0.15, 0.2) is 22.7 Å². The molecule has 2 heterocycles. The van der Waals surface area contributed by atoms with E-state index in [-0.39, 0.29) is 5.75 Å². The number of aromatic nitrogens is 2. The molecule has 3 rings (SSSR count). The van der Waals surface area contributed by atoms with Gasteiger partial charge >= 0.3 is 0 Å². The van der Waals surface area contributed by atoms with Gasteiger partial charge in [0.05, 0.1) is 5.56 Å². The zero-order valence-electron chi connectivity index (χ0n) is 11.0. The molecule has 5 nitrogen and oxygen atoms in total. The first kappa shape index (κ1) is 12.2. The van der Waals surface area contributed by atoms with Crippen LogP contribution in [-0.2, 0) is 10.3 Å². The van der Waals surface area contributed by atoms with Crippen molar-refractivity contribution in [3.8, 4) is 17.2 Å². The minimum Gasteiger partial charge on any atom is -0.507 e. The van der Waals surface area contributed by atoms with Crippen molar-refractivity contribution in [1.29, 1.82) is 0 Å². The summed E-state index contributed by atoms with van der Waals surface area (Å²) in [4.78, 5) is 4.37. The molecule has 1 saturated heterocycles. The van der Waals surface area contributed by atoms with Gasteiger partial charge in [0.15, 0.2) is 0 Å². The predicted molar refractivity (Wildman–Crippen MR) is 68.7 cm³/mol. The smallest absolute Gasteiger partial charge is 0.261 e. The van der Waals surface area contributed by atoms with Gasteiger partial charge in [-0.25, -0.2) is 0 Å². The zero-order valence-corrected chi connectivity index (χ0v) is 11.0. The molecule has 1 fully saturated rings. The van der Waals surface area contributed by atoms with Crippen LogP contribution < -0.4 is 0 Å². The molecule has 1 atom stereocenters. The summed E-state index contributed by atoms with van der Waals surface area (Å²) in [6, 6.07) is 5.28. The molecule has 0 aliphatic carbocycles. The van der Waals surface area contributed by atoms with Crippen LogP contribution in [0.4, 0.5) is 0 Å². The summed E-state index contributed by atoms with van der Waals surface area (Å²) >= 11 is 0. The lowest BCUT2D eigenvalue weighted by Gasteiger charge is -2.17. The van der Waals surface area contributed by atoms with E-state index in [1.54, 1.807) is 6.07 Å². The van der Waals surface area contributed by atoms with Crippen LogP contribution in [0.25, 0.3) is 11.5 Å². The van der Waals surface area contributed by atoms with Gasteiger partial charge in [-0.1, -0.05) is 16.8 Å². The monoisotopic (exact) mass is 260 g/mol. The molecule has 1 unspecified atom stereocenters. The van der Waals surface area contributed by atoms with E-state index in [9.17, 15) is 5.11 Å². The Morgan fingerprint density at radius 1 is 1.37 bits per heavy atom. The van der Waals surface area contributed by atoms with Crippen LogP contribution in [0.3, 0.4) is 0 Å². The minimum atomic E-state index is -0.471. The third-order valence-corrected chi connectivity index (χ3v) is 3.50. The number of phenols is 1. The van der Waals surface area contributed by atoms with Crippen molar-refractivity contribution in [1.82, 2.24) is 10.1 Å². The molecule has 1 aliphatic heterocycles. The van der Waals surface area contributed by atoms with Crippen LogP contribution in [0.2, 0.25) is 0 Å². The number of rotatable bonds is 2. The Hall–Kier alpha value is -1.88. The molecule has 2 aromatic rings. The molecular formula is C14H16N2O3. The van der Waals surface area contributed by atoms with E-state index in [0.29, 0.717) is 17.3 Å². The number of hydrogen-bond acceptors (Lipinski definition) is 5. The van der Waals surface area contributed by atoms with E-state index in [1.807, 2.05) is 26.0 Å². The zero-order chi connectivity index (χ0) is 13.5. The first-order valence-corrected chi connectivity index (χ1v) is 6.37. The first-order chi connectivity index (χ1) is 9.08. The van der Waals surface area contributed by atoms with E-state index < -0.39 is 5.60 Å². The number of phenolic OH excluding ortho intramolecular Hbond substituents is 1. The van der Waals surface area contributed by atoms with Crippen LogP contribution in [-0.4, -0.2) is 21.9 Å². The van der Waals surface area contributed by atoms with Gasteiger partial charge in [-0.3, -0.25) is 0 Å². The molecule has 1 aromatic carbocycles. The molecule has 0 spiro atoms. The minimum absolute atomic E-state index is 0.137. The van der Waals surface area contributed by atoms with Crippen LogP contribution >= 0.6 is 0 Å². The van der Waals surface area contributed by atoms with Gasteiger partial charge in [-0.2, -0.15) is 4.98 Å². The maximum atomic E-state index is 9.87. The van der Waals surface area contributed by atoms with Crippen molar-refractivity contribution in [2.24, 2.45) is 0 Å². The summed E-state index contributed by atoms with van der Waals surface area (Å²) in [7, 11) is 0. The summed E-state index contributed by atoms with van der Waals surface area (Å²) in [5, 5.41) is 13.9. The molecule has 0 bridgehead atoms. The number of ether oxygens (including phenoxy) is 1. The molecule has 5 heteroatoms. The van der Waals surface area contributed by atoms with Crippen molar-refractivity contribution in [3.05, 3.63) is 29.6 Å². The molecule has 1 N–H and O–H groups in total. The first-order valence-electron chi connectivity index (χ1n) is 6.37. The lowest BCUT2D eigenvalue weighted by molar-refractivity contribution is 0.00768. The highest BCUT2D eigenvalue weighted by Gasteiger charge is 2.36. The second kappa shape index (κ2) is 4.35. The number of benzene rings is 1. The average Bonchev–Trinajstić information content (AvgIpc) is 3.02. The van der Waals surface area contributed by atoms with E-state index >= 15 is 0 Å². The summed E-state index contributed by atoms with van der Waals surface area (Å²) in [5.74, 6) is 1.01. The number of aromatic hydroxyl groups is 1. The van der Waals surface area contributed by atoms with Gasteiger partial charge < -0.3 is 14.4 Å². The van der Waals surface area contributed by atoms with E-state index in [0.717, 1.165) is 25.0 Å². The molecule has 19 heavy (non-hydrogen) atoms. The molecule has 0 saturated carbocycles. The summed E-state index contributed by atoms with van der Waals surface area (Å²) < 4.78 is 10.9. The normalized spacial score (nSPS) is 22.8. The fourth-order valence-electron chi connectivity index (χ4n) is 2.32. The molecule has 1 aromatic heterocycles. The molecule has 0 amide bonds. The standard InChI is InChI=1S/C14H16N2O3/c1-9-4-5-11(17)10(8-9)12-15-13(16-19-12)14(2)6-3-7-18-14/h4-5,8,17H,3,6-7H2,1-2H3. The molecular weight excluding hydrogens is 244 g/mol. The lowest BCUT2D eigenvalue weighted by Crippen LogP contribution is -2.21. The Bertz CT molecular complexity index is 600. The lowest BCUT2D eigenvalue weighted by atomic mass is 10.0. The van der Waals surface area contributed by atoms with Crippen molar-refractivity contribution in [2.45, 2.75) is 32.3 Å². The maximum Gasteiger partial charge on any atom is 0.261 e. The Kier molecular flexibility index (Phi) is 2.78. The van der Waals surface area contributed by atoms with Gasteiger partial charge in [-0.15, -0.1) is 0 Å². The van der Waals surface area contributed by atoms with E-state index in [2.05, 4.69) is 10.1 Å².